The first kappa shape index (κ1) is 18.2. The first-order valence-corrected chi connectivity index (χ1v) is 9.98. The van der Waals surface area contributed by atoms with Gasteiger partial charge in [0.2, 0.25) is 0 Å². The maximum absolute atomic E-state index is 12.7. The lowest BCUT2D eigenvalue weighted by molar-refractivity contribution is 0.0292. The lowest BCUT2D eigenvalue weighted by Gasteiger charge is -2.33. The number of rotatable bonds is 5. The van der Waals surface area contributed by atoms with Crippen molar-refractivity contribution in [3.8, 4) is 0 Å². The largest absolute Gasteiger partial charge is 0.379 e. The first-order valence-electron chi connectivity index (χ1n) is 9.98. The van der Waals surface area contributed by atoms with Crippen molar-refractivity contribution in [1.29, 1.82) is 0 Å². The van der Waals surface area contributed by atoms with E-state index in [1.807, 2.05) is 17.2 Å². The van der Waals surface area contributed by atoms with Crippen molar-refractivity contribution in [2.24, 2.45) is 0 Å². The summed E-state index contributed by atoms with van der Waals surface area (Å²) in [6, 6.07) is 10.6. The van der Waals surface area contributed by atoms with Crippen LogP contribution in [0.2, 0.25) is 0 Å². The van der Waals surface area contributed by atoms with E-state index in [2.05, 4.69) is 39.5 Å². The van der Waals surface area contributed by atoms with Crippen molar-refractivity contribution in [1.82, 2.24) is 20.1 Å². The van der Waals surface area contributed by atoms with Crippen LogP contribution in [0.15, 0.2) is 36.5 Å². The number of nitrogens with zero attached hydrogens (tertiary/aromatic N) is 3. The van der Waals surface area contributed by atoms with E-state index in [-0.39, 0.29) is 6.03 Å². The number of aromatic nitrogens is 1. The van der Waals surface area contributed by atoms with Crippen LogP contribution in [0.5, 0.6) is 0 Å². The molecule has 3 heterocycles. The van der Waals surface area contributed by atoms with Crippen LogP contribution in [0.1, 0.15) is 18.4 Å². The maximum Gasteiger partial charge on any atom is 0.317 e. The van der Waals surface area contributed by atoms with E-state index >= 15 is 0 Å². The quantitative estimate of drug-likeness (QED) is 0.880. The Kier molecular flexibility index (Phi) is 5.84. The van der Waals surface area contributed by atoms with Gasteiger partial charge in [0.15, 0.2) is 0 Å². The summed E-state index contributed by atoms with van der Waals surface area (Å²) < 4.78 is 5.42. The molecule has 6 nitrogen and oxygen atoms in total. The van der Waals surface area contributed by atoms with Crippen molar-refractivity contribution >= 4 is 16.9 Å². The SMILES string of the molecule is O=C(NCCc1cccc2cccnc12)N1CCC[C@H]1CN1CCOCC1. The van der Waals surface area contributed by atoms with E-state index in [0.29, 0.717) is 12.6 Å². The van der Waals surface area contributed by atoms with Gasteiger partial charge in [-0.3, -0.25) is 9.88 Å². The number of carbonyl (C=O) groups is 1. The second-order valence-electron chi connectivity index (χ2n) is 7.38. The van der Waals surface area contributed by atoms with Gasteiger partial charge in [-0.05, 0) is 30.9 Å². The fraction of sp³-hybridized carbons (Fsp3) is 0.524. The van der Waals surface area contributed by atoms with E-state index in [9.17, 15) is 4.79 Å². The summed E-state index contributed by atoms with van der Waals surface area (Å²) in [6.07, 6.45) is 4.81. The summed E-state index contributed by atoms with van der Waals surface area (Å²) in [5.41, 5.74) is 2.21. The van der Waals surface area contributed by atoms with E-state index in [0.717, 1.165) is 69.6 Å². The van der Waals surface area contributed by atoms with E-state index < -0.39 is 0 Å². The molecular weight excluding hydrogens is 340 g/mol. The first-order chi connectivity index (χ1) is 13.3. The van der Waals surface area contributed by atoms with Crippen molar-refractivity contribution in [2.45, 2.75) is 25.3 Å². The Hall–Kier alpha value is -2.18. The van der Waals surface area contributed by atoms with Crippen molar-refractivity contribution in [3.63, 3.8) is 0 Å². The standard InChI is InChI=1S/C21H28N4O2/c26-21(25-11-3-7-19(25)16-24-12-14-27-15-13-24)23-10-8-18-5-1-4-17-6-2-9-22-20(17)18/h1-2,4-6,9,19H,3,7-8,10-16H2,(H,23,26)/t19-/m0/s1. The molecule has 2 amide bonds. The summed E-state index contributed by atoms with van der Waals surface area (Å²) in [4.78, 5) is 21.6. The van der Waals surface area contributed by atoms with Crippen LogP contribution < -0.4 is 5.32 Å². The summed E-state index contributed by atoms with van der Waals surface area (Å²) in [5, 5.41) is 4.27. The average molecular weight is 368 g/mol. The van der Waals surface area contributed by atoms with Gasteiger partial charge in [-0.25, -0.2) is 4.79 Å². The molecule has 144 valence electrons. The molecule has 0 bridgehead atoms. The molecule has 27 heavy (non-hydrogen) atoms. The third-order valence-corrected chi connectivity index (χ3v) is 5.60. The van der Waals surface area contributed by atoms with Crippen LogP contribution in [-0.4, -0.2) is 72.8 Å². The summed E-state index contributed by atoms with van der Waals surface area (Å²) in [7, 11) is 0. The normalized spacial score (nSPS) is 20.9. The Bertz CT molecular complexity index is 770. The number of carbonyl (C=O) groups excluding carboxylic acids is 1. The monoisotopic (exact) mass is 368 g/mol. The molecule has 6 heteroatoms. The lowest BCUT2D eigenvalue weighted by Crippen LogP contribution is -2.49. The van der Waals surface area contributed by atoms with Gasteiger partial charge >= 0.3 is 6.03 Å². The Morgan fingerprint density at radius 2 is 2.04 bits per heavy atom. The number of ether oxygens (including phenoxy) is 1. The van der Waals surface area contributed by atoms with Crippen molar-refractivity contribution in [3.05, 3.63) is 42.1 Å². The van der Waals surface area contributed by atoms with Gasteiger partial charge in [-0.15, -0.1) is 0 Å². The van der Waals surface area contributed by atoms with Crippen molar-refractivity contribution in [2.75, 3.05) is 45.9 Å². The molecule has 1 aromatic carbocycles. The van der Waals surface area contributed by atoms with Gasteiger partial charge < -0.3 is 15.0 Å². The van der Waals surface area contributed by atoms with Crippen LogP contribution in [0, 0.1) is 0 Å². The minimum absolute atomic E-state index is 0.0685. The second-order valence-corrected chi connectivity index (χ2v) is 7.38. The summed E-state index contributed by atoms with van der Waals surface area (Å²) in [6.45, 7) is 6.01. The molecule has 2 aliphatic rings. The van der Waals surface area contributed by atoms with Crippen LogP contribution in [-0.2, 0) is 11.2 Å². The van der Waals surface area contributed by atoms with Gasteiger partial charge in [0.05, 0.1) is 18.7 Å². The number of urea groups is 1. The number of benzene rings is 1. The van der Waals surface area contributed by atoms with Crippen LogP contribution >= 0.6 is 0 Å². The fourth-order valence-corrected chi connectivity index (χ4v) is 4.15. The molecule has 2 fully saturated rings. The molecule has 1 atom stereocenters. The molecule has 1 N–H and O–H groups in total. The second kappa shape index (κ2) is 8.67. The Morgan fingerprint density at radius 3 is 2.93 bits per heavy atom. The molecule has 2 aliphatic heterocycles. The number of pyridine rings is 1. The summed E-state index contributed by atoms with van der Waals surface area (Å²) in [5.74, 6) is 0. The molecule has 0 spiro atoms. The molecular formula is C21H28N4O2. The molecule has 0 saturated carbocycles. The number of amides is 2. The van der Waals surface area contributed by atoms with Gasteiger partial charge in [-0.1, -0.05) is 24.3 Å². The third kappa shape index (κ3) is 4.39. The Balaban J connectivity index is 1.30. The number of hydrogen-bond acceptors (Lipinski definition) is 4. The molecule has 0 radical (unpaired) electrons. The predicted molar refractivity (Wildman–Crippen MR) is 106 cm³/mol. The topological polar surface area (TPSA) is 57.7 Å². The smallest absolute Gasteiger partial charge is 0.317 e. The number of likely N-dealkylation sites (tertiary alicyclic amines) is 1. The average Bonchev–Trinajstić information content (AvgIpc) is 3.17. The van der Waals surface area contributed by atoms with Gasteiger partial charge in [0.1, 0.15) is 0 Å². The number of fused-ring (bicyclic) bond motifs is 1. The number of para-hydroxylation sites is 1. The predicted octanol–water partition coefficient (Wildman–Crippen LogP) is 2.28. The molecule has 0 unspecified atom stereocenters. The lowest BCUT2D eigenvalue weighted by atomic mass is 10.1. The highest BCUT2D eigenvalue weighted by Gasteiger charge is 2.30. The number of nitrogens with one attached hydrogen (secondary N) is 1. The zero-order valence-corrected chi connectivity index (χ0v) is 15.8. The van der Waals surface area contributed by atoms with Crippen molar-refractivity contribution < 1.29 is 9.53 Å². The van der Waals surface area contributed by atoms with E-state index in [1.54, 1.807) is 0 Å². The highest BCUT2D eigenvalue weighted by atomic mass is 16.5. The highest BCUT2D eigenvalue weighted by Crippen LogP contribution is 2.19. The fourth-order valence-electron chi connectivity index (χ4n) is 4.15. The molecule has 0 aliphatic carbocycles. The highest BCUT2D eigenvalue weighted by molar-refractivity contribution is 5.81. The van der Waals surface area contributed by atoms with Gasteiger partial charge in [0.25, 0.3) is 0 Å². The van der Waals surface area contributed by atoms with Gasteiger partial charge in [-0.2, -0.15) is 0 Å². The van der Waals surface area contributed by atoms with E-state index in [4.69, 9.17) is 4.74 Å². The molecule has 4 rings (SSSR count). The van der Waals surface area contributed by atoms with E-state index in [1.165, 1.54) is 5.56 Å². The number of hydrogen-bond donors (Lipinski definition) is 1. The third-order valence-electron chi connectivity index (χ3n) is 5.60. The van der Waals surface area contributed by atoms with Gasteiger partial charge in [0, 0.05) is 50.3 Å². The minimum atomic E-state index is 0.0685. The van der Waals surface area contributed by atoms with Crippen LogP contribution in [0.3, 0.4) is 0 Å². The maximum atomic E-state index is 12.7. The van der Waals surface area contributed by atoms with Crippen LogP contribution in [0.4, 0.5) is 4.79 Å². The molecule has 2 saturated heterocycles. The zero-order chi connectivity index (χ0) is 18.5. The Labute approximate surface area is 160 Å². The molecule has 2 aromatic rings. The number of morpholine rings is 1. The zero-order valence-electron chi connectivity index (χ0n) is 15.8. The summed E-state index contributed by atoms with van der Waals surface area (Å²) >= 11 is 0. The van der Waals surface area contributed by atoms with Crippen LogP contribution in [0.25, 0.3) is 10.9 Å². The minimum Gasteiger partial charge on any atom is -0.379 e. The molecule has 1 aromatic heterocycles. The Morgan fingerprint density at radius 1 is 1.19 bits per heavy atom.